The molecule has 1 unspecified atom stereocenters. The average Bonchev–Trinajstić information content (AvgIpc) is 2.25. The van der Waals surface area contributed by atoms with E-state index in [0.29, 0.717) is 5.56 Å². The van der Waals surface area contributed by atoms with E-state index in [-0.39, 0.29) is 0 Å². The minimum atomic E-state index is -5.02. The Hall–Kier alpha value is -0.890. The zero-order valence-electron chi connectivity index (χ0n) is 8.30. The minimum Gasteiger partial charge on any atom is -0.368 e. The van der Waals surface area contributed by atoms with Gasteiger partial charge < -0.3 is 5.11 Å². The summed E-state index contributed by atoms with van der Waals surface area (Å²) < 4.78 is 37.6. The van der Waals surface area contributed by atoms with E-state index in [1.807, 2.05) is 0 Å². The number of rotatable bonds is 1. The number of hydrogen-bond donors (Lipinski definition) is 1. The Labute approximate surface area is 106 Å². The minimum absolute atomic E-state index is 0.323. The lowest BCUT2D eigenvalue weighted by molar-refractivity contribution is -0.230. The number of halogens is 5. The molecule has 0 saturated heterocycles. The van der Waals surface area contributed by atoms with Crippen molar-refractivity contribution in [1.82, 2.24) is 0 Å². The Morgan fingerprint density at radius 1 is 1.12 bits per heavy atom. The topological polar surface area (TPSA) is 20.2 Å². The molecule has 0 spiro atoms. The number of aliphatic hydroxyl groups is 1. The van der Waals surface area contributed by atoms with Gasteiger partial charge in [0.1, 0.15) is 0 Å². The van der Waals surface area contributed by atoms with Crippen molar-refractivity contribution in [3.8, 4) is 11.8 Å². The first-order valence-corrected chi connectivity index (χ1v) is 5.30. The van der Waals surface area contributed by atoms with E-state index in [4.69, 9.17) is 23.2 Å². The molecule has 1 atom stereocenters. The molecule has 1 rings (SSSR count). The molecular weight excluding hydrogens is 276 g/mol. The van der Waals surface area contributed by atoms with Crippen molar-refractivity contribution in [1.29, 1.82) is 0 Å². The van der Waals surface area contributed by atoms with Gasteiger partial charge in [-0.15, -0.1) is 23.2 Å². The van der Waals surface area contributed by atoms with Crippen molar-refractivity contribution in [2.45, 2.75) is 16.6 Å². The molecule has 0 fully saturated rings. The quantitative estimate of drug-likeness (QED) is 0.620. The van der Waals surface area contributed by atoms with E-state index in [2.05, 4.69) is 5.92 Å². The number of hydrogen-bond acceptors (Lipinski definition) is 1. The van der Waals surface area contributed by atoms with Crippen LogP contribution < -0.4 is 0 Å². The summed E-state index contributed by atoms with van der Waals surface area (Å²) in [6.45, 7) is 0. The fourth-order valence-electron chi connectivity index (χ4n) is 0.938. The standard InChI is InChI=1S/C11H7Cl2F3O/c12-9(13)10(17,11(14,15)16)7-6-8-4-2-1-3-5-8/h1-5,9,17H. The smallest absolute Gasteiger partial charge is 0.368 e. The summed E-state index contributed by atoms with van der Waals surface area (Å²) in [4.78, 5) is -2.08. The predicted molar refractivity (Wildman–Crippen MR) is 59.8 cm³/mol. The fourth-order valence-corrected chi connectivity index (χ4v) is 1.29. The first-order chi connectivity index (χ1) is 7.77. The highest BCUT2D eigenvalue weighted by molar-refractivity contribution is 6.45. The highest BCUT2D eigenvalue weighted by atomic mass is 35.5. The van der Waals surface area contributed by atoms with E-state index >= 15 is 0 Å². The first-order valence-electron chi connectivity index (χ1n) is 4.43. The van der Waals surface area contributed by atoms with Gasteiger partial charge in [-0.25, -0.2) is 0 Å². The Balaban J connectivity index is 3.10. The third kappa shape index (κ3) is 3.29. The third-order valence-corrected chi connectivity index (χ3v) is 2.55. The maximum absolute atomic E-state index is 12.5. The van der Waals surface area contributed by atoms with Crippen LogP contribution in [-0.2, 0) is 0 Å². The Bertz CT molecular complexity index is 434. The van der Waals surface area contributed by atoms with Crippen LogP contribution in [0.15, 0.2) is 30.3 Å². The molecule has 0 aliphatic heterocycles. The Morgan fingerprint density at radius 2 is 1.65 bits per heavy atom. The normalized spacial score (nSPS) is 15.0. The van der Waals surface area contributed by atoms with Crippen LogP contribution in [0.1, 0.15) is 5.56 Å². The predicted octanol–water partition coefficient (Wildman–Crippen LogP) is 3.14. The molecule has 17 heavy (non-hydrogen) atoms. The van der Waals surface area contributed by atoms with E-state index in [1.165, 1.54) is 12.1 Å². The van der Waals surface area contributed by atoms with Crippen molar-refractivity contribution in [2.75, 3.05) is 0 Å². The van der Waals surface area contributed by atoms with Gasteiger partial charge in [0.25, 0.3) is 5.60 Å². The maximum Gasteiger partial charge on any atom is 0.431 e. The van der Waals surface area contributed by atoms with Crippen molar-refractivity contribution < 1.29 is 18.3 Å². The number of benzene rings is 1. The largest absolute Gasteiger partial charge is 0.431 e. The van der Waals surface area contributed by atoms with Gasteiger partial charge in [-0.2, -0.15) is 13.2 Å². The van der Waals surface area contributed by atoms with E-state index in [1.54, 1.807) is 24.1 Å². The molecule has 6 heteroatoms. The van der Waals surface area contributed by atoms with E-state index < -0.39 is 16.6 Å². The van der Waals surface area contributed by atoms with Crippen LogP contribution in [0.4, 0.5) is 13.2 Å². The van der Waals surface area contributed by atoms with Gasteiger partial charge in [-0.3, -0.25) is 0 Å². The highest BCUT2D eigenvalue weighted by Crippen LogP contribution is 2.36. The Morgan fingerprint density at radius 3 is 2.06 bits per heavy atom. The summed E-state index contributed by atoms with van der Waals surface area (Å²) in [5, 5.41) is 9.32. The van der Waals surface area contributed by atoms with Gasteiger partial charge >= 0.3 is 6.18 Å². The third-order valence-electron chi connectivity index (χ3n) is 1.92. The van der Waals surface area contributed by atoms with Crippen LogP contribution >= 0.6 is 23.2 Å². The molecule has 0 saturated carbocycles. The lowest BCUT2D eigenvalue weighted by Crippen LogP contribution is -2.49. The fraction of sp³-hybridized carbons (Fsp3) is 0.273. The zero-order chi connectivity index (χ0) is 13.1. The van der Waals surface area contributed by atoms with Gasteiger partial charge in [0, 0.05) is 5.56 Å². The van der Waals surface area contributed by atoms with Gasteiger partial charge in [0.15, 0.2) is 4.84 Å². The molecule has 0 aromatic heterocycles. The van der Waals surface area contributed by atoms with Gasteiger partial charge in [-0.1, -0.05) is 30.0 Å². The van der Waals surface area contributed by atoms with Gasteiger partial charge in [0.05, 0.1) is 0 Å². The van der Waals surface area contributed by atoms with E-state index in [0.717, 1.165) is 0 Å². The van der Waals surface area contributed by atoms with Crippen molar-refractivity contribution in [2.24, 2.45) is 0 Å². The van der Waals surface area contributed by atoms with Crippen LogP contribution in [0, 0.1) is 11.8 Å². The van der Waals surface area contributed by atoms with E-state index in [9.17, 15) is 18.3 Å². The van der Waals surface area contributed by atoms with Crippen molar-refractivity contribution in [3.05, 3.63) is 35.9 Å². The second kappa shape index (κ2) is 5.18. The van der Waals surface area contributed by atoms with Crippen LogP contribution in [0.3, 0.4) is 0 Å². The summed E-state index contributed by atoms with van der Waals surface area (Å²) in [7, 11) is 0. The molecule has 92 valence electrons. The number of alkyl halides is 5. The second-order valence-electron chi connectivity index (χ2n) is 3.18. The molecule has 0 aliphatic rings. The highest BCUT2D eigenvalue weighted by Gasteiger charge is 2.57. The SMILES string of the molecule is OC(C#Cc1ccccc1)(C(Cl)Cl)C(F)(F)F. The van der Waals surface area contributed by atoms with Gasteiger partial charge in [-0.05, 0) is 12.1 Å². The molecule has 0 bridgehead atoms. The van der Waals surface area contributed by atoms with Crippen LogP contribution in [0.25, 0.3) is 0 Å². The molecule has 0 aliphatic carbocycles. The monoisotopic (exact) mass is 282 g/mol. The zero-order valence-corrected chi connectivity index (χ0v) is 9.81. The average molecular weight is 283 g/mol. The Kier molecular flexibility index (Phi) is 4.31. The van der Waals surface area contributed by atoms with Crippen LogP contribution in [0.5, 0.6) is 0 Å². The van der Waals surface area contributed by atoms with Gasteiger partial charge in [0.2, 0.25) is 0 Å². The molecular formula is C11H7Cl2F3O. The lowest BCUT2D eigenvalue weighted by Gasteiger charge is -2.25. The lowest BCUT2D eigenvalue weighted by atomic mass is 10.1. The molecule has 1 N–H and O–H groups in total. The van der Waals surface area contributed by atoms with Crippen LogP contribution in [0.2, 0.25) is 0 Å². The summed E-state index contributed by atoms with van der Waals surface area (Å²) in [5.74, 6) is 3.85. The molecule has 0 radical (unpaired) electrons. The molecule has 0 amide bonds. The van der Waals surface area contributed by atoms with Crippen LogP contribution in [-0.4, -0.2) is 21.7 Å². The molecule has 0 heterocycles. The van der Waals surface area contributed by atoms with Crippen molar-refractivity contribution >= 4 is 23.2 Å². The molecule has 1 nitrogen and oxygen atoms in total. The summed E-state index contributed by atoms with van der Waals surface area (Å²) >= 11 is 10.3. The summed E-state index contributed by atoms with van der Waals surface area (Å²) in [6.07, 6.45) is -5.02. The maximum atomic E-state index is 12.5. The summed E-state index contributed by atoms with van der Waals surface area (Å²) in [5.41, 5.74) is -3.12. The molecule has 1 aromatic carbocycles. The molecule has 1 aromatic rings. The second-order valence-corrected chi connectivity index (χ2v) is 4.28. The summed E-state index contributed by atoms with van der Waals surface area (Å²) in [6, 6.07) is 7.90. The van der Waals surface area contributed by atoms with Crippen molar-refractivity contribution in [3.63, 3.8) is 0 Å². The first kappa shape index (κ1) is 14.2.